The van der Waals surface area contributed by atoms with E-state index in [-0.39, 0.29) is 29.5 Å². The average molecular weight is 461 g/mol. The van der Waals surface area contributed by atoms with Gasteiger partial charge in [0.1, 0.15) is 5.75 Å². The maximum atomic E-state index is 13.4. The summed E-state index contributed by atoms with van der Waals surface area (Å²) < 4.78 is 37.9. The van der Waals surface area contributed by atoms with E-state index < -0.39 is 10.0 Å². The first-order chi connectivity index (χ1) is 15.4. The summed E-state index contributed by atoms with van der Waals surface area (Å²) in [6.07, 6.45) is 3.99. The van der Waals surface area contributed by atoms with Crippen molar-refractivity contribution in [1.82, 2.24) is 9.62 Å². The summed E-state index contributed by atoms with van der Waals surface area (Å²) in [6, 6.07) is 13.6. The molecule has 1 aliphatic rings. The summed E-state index contributed by atoms with van der Waals surface area (Å²) in [6.45, 7) is 2.68. The van der Waals surface area contributed by atoms with Gasteiger partial charge in [0.15, 0.2) is 0 Å². The molecule has 1 saturated heterocycles. The van der Waals surface area contributed by atoms with Gasteiger partial charge in [-0.2, -0.15) is 0 Å². The normalized spacial score (nSPS) is 18.1. The molecule has 0 aromatic heterocycles. The zero-order chi connectivity index (χ0) is 23.1. The summed E-state index contributed by atoms with van der Waals surface area (Å²) in [5, 5.41) is 0. The number of sulfonamides is 1. The van der Waals surface area contributed by atoms with Crippen LogP contribution in [0.1, 0.15) is 54.6 Å². The van der Waals surface area contributed by atoms with Gasteiger partial charge in [-0.25, -0.2) is 13.1 Å². The highest BCUT2D eigenvalue weighted by Crippen LogP contribution is 2.32. The summed E-state index contributed by atoms with van der Waals surface area (Å²) >= 11 is 0. The lowest BCUT2D eigenvalue weighted by atomic mass is 10.00. The number of methoxy groups -OCH3 is 2. The number of rotatable bonds is 8. The van der Waals surface area contributed by atoms with Gasteiger partial charge in [-0.3, -0.25) is 4.79 Å². The molecule has 0 radical (unpaired) electrons. The standard InChI is InChI=1S/C24H32N2O5S/c1-18(17-30-2)25-32(28,29)22-14-10-20(11-15-22)24(27)26-16-6-4-5-7-23(26)19-8-12-21(31-3)13-9-19/h8-15,18,23,25H,4-7,16-17H2,1-3H3/t18-,23-/m1/s1. The molecule has 2 aromatic rings. The Morgan fingerprint density at radius 2 is 1.75 bits per heavy atom. The summed E-state index contributed by atoms with van der Waals surface area (Å²) in [4.78, 5) is 15.4. The molecule has 1 fully saturated rings. The van der Waals surface area contributed by atoms with E-state index in [1.807, 2.05) is 29.2 Å². The maximum absolute atomic E-state index is 13.4. The predicted octanol–water partition coefficient (Wildman–Crippen LogP) is 3.77. The number of benzene rings is 2. The molecule has 1 amide bonds. The number of carbonyl (C=O) groups is 1. The van der Waals surface area contributed by atoms with E-state index in [9.17, 15) is 13.2 Å². The first-order valence-corrected chi connectivity index (χ1v) is 12.4. The van der Waals surface area contributed by atoms with Crippen LogP contribution in [0.3, 0.4) is 0 Å². The fourth-order valence-corrected chi connectivity index (χ4v) is 5.31. The largest absolute Gasteiger partial charge is 0.497 e. The lowest BCUT2D eigenvalue weighted by Crippen LogP contribution is -2.36. The van der Waals surface area contributed by atoms with Gasteiger partial charge in [0, 0.05) is 25.3 Å². The highest BCUT2D eigenvalue weighted by atomic mass is 32.2. The number of nitrogens with zero attached hydrogens (tertiary/aromatic N) is 1. The number of ether oxygens (including phenoxy) is 2. The molecule has 1 aliphatic heterocycles. The van der Waals surface area contributed by atoms with Crippen molar-refractivity contribution >= 4 is 15.9 Å². The van der Waals surface area contributed by atoms with Crippen LogP contribution in [0.15, 0.2) is 53.4 Å². The molecule has 8 heteroatoms. The Morgan fingerprint density at radius 1 is 1.06 bits per heavy atom. The second-order valence-electron chi connectivity index (χ2n) is 8.14. The Hall–Kier alpha value is -2.42. The van der Waals surface area contributed by atoms with Crippen LogP contribution in [-0.2, 0) is 14.8 Å². The van der Waals surface area contributed by atoms with Crippen LogP contribution in [-0.4, -0.2) is 52.6 Å². The van der Waals surface area contributed by atoms with Crippen molar-refractivity contribution in [2.75, 3.05) is 27.4 Å². The van der Waals surface area contributed by atoms with E-state index in [1.54, 1.807) is 26.2 Å². The molecule has 0 bridgehead atoms. The van der Waals surface area contributed by atoms with Gasteiger partial charge in [0.2, 0.25) is 10.0 Å². The van der Waals surface area contributed by atoms with Crippen molar-refractivity contribution in [1.29, 1.82) is 0 Å². The number of hydrogen-bond acceptors (Lipinski definition) is 5. The lowest BCUT2D eigenvalue weighted by molar-refractivity contribution is 0.0681. The SMILES string of the molecule is COC[C@@H](C)NS(=O)(=O)c1ccc(C(=O)N2CCCCC[C@@H]2c2ccc(OC)cc2)cc1. The number of likely N-dealkylation sites (tertiary alicyclic amines) is 1. The number of amides is 1. The van der Waals surface area contributed by atoms with Crippen LogP contribution < -0.4 is 9.46 Å². The summed E-state index contributed by atoms with van der Waals surface area (Å²) in [5.74, 6) is 0.697. The smallest absolute Gasteiger partial charge is 0.254 e. The fraction of sp³-hybridized carbons (Fsp3) is 0.458. The molecule has 1 N–H and O–H groups in total. The summed E-state index contributed by atoms with van der Waals surface area (Å²) in [7, 11) is -0.528. The average Bonchev–Trinajstić information content (AvgIpc) is 3.05. The molecule has 2 aromatic carbocycles. The van der Waals surface area contributed by atoms with E-state index in [1.165, 1.54) is 19.2 Å². The Balaban J connectivity index is 1.80. The Morgan fingerprint density at radius 3 is 2.38 bits per heavy atom. The van der Waals surface area contributed by atoms with E-state index in [4.69, 9.17) is 9.47 Å². The molecule has 32 heavy (non-hydrogen) atoms. The molecule has 0 spiro atoms. The van der Waals surface area contributed by atoms with Gasteiger partial charge in [0.05, 0.1) is 24.7 Å². The highest BCUT2D eigenvalue weighted by molar-refractivity contribution is 7.89. The monoisotopic (exact) mass is 460 g/mol. The van der Waals surface area contributed by atoms with Crippen LogP contribution in [0.4, 0.5) is 0 Å². The molecule has 2 atom stereocenters. The third-order valence-corrected chi connectivity index (χ3v) is 7.30. The molecule has 3 rings (SSSR count). The lowest BCUT2D eigenvalue weighted by Gasteiger charge is -2.31. The Kier molecular flexibility index (Phi) is 8.28. The van der Waals surface area contributed by atoms with Crippen molar-refractivity contribution in [3.63, 3.8) is 0 Å². The molecule has 0 aliphatic carbocycles. The first-order valence-electron chi connectivity index (χ1n) is 10.9. The molecular weight excluding hydrogens is 428 g/mol. The van der Waals surface area contributed by atoms with Gasteiger partial charge in [-0.15, -0.1) is 0 Å². The van der Waals surface area contributed by atoms with Crippen molar-refractivity contribution in [2.45, 2.75) is 49.6 Å². The fourth-order valence-electron chi connectivity index (χ4n) is 4.08. The minimum atomic E-state index is -3.68. The van der Waals surface area contributed by atoms with E-state index in [0.717, 1.165) is 37.0 Å². The van der Waals surface area contributed by atoms with E-state index in [2.05, 4.69) is 4.72 Å². The molecular formula is C24H32N2O5S. The molecule has 0 saturated carbocycles. The number of carbonyl (C=O) groups excluding carboxylic acids is 1. The van der Waals surface area contributed by atoms with Crippen LogP contribution >= 0.6 is 0 Å². The van der Waals surface area contributed by atoms with Gasteiger partial charge in [0.25, 0.3) is 5.91 Å². The van der Waals surface area contributed by atoms with Gasteiger partial charge in [-0.05, 0) is 61.7 Å². The van der Waals surface area contributed by atoms with Crippen molar-refractivity contribution < 1.29 is 22.7 Å². The van der Waals surface area contributed by atoms with Gasteiger partial charge >= 0.3 is 0 Å². The third-order valence-electron chi connectivity index (χ3n) is 5.70. The second kappa shape index (κ2) is 10.9. The van der Waals surface area contributed by atoms with Crippen LogP contribution in [0.25, 0.3) is 0 Å². The Bertz CT molecular complexity index is 990. The van der Waals surface area contributed by atoms with E-state index in [0.29, 0.717) is 12.1 Å². The molecule has 7 nitrogen and oxygen atoms in total. The van der Waals surface area contributed by atoms with Crippen LogP contribution in [0.5, 0.6) is 5.75 Å². The number of nitrogens with one attached hydrogen (secondary N) is 1. The van der Waals surface area contributed by atoms with E-state index >= 15 is 0 Å². The van der Waals surface area contributed by atoms with Crippen LogP contribution in [0.2, 0.25) is 0 Å². The third kappa shape index (κ3) is 5.88. The van der Waals surface area contributed by atoms with Crippen molar-refractivity contribution in [2.24, 2.45) is 0 Å². The van der Waals surface area contributed by atoms with Crippen molar-refractivity contribution in [3.05, 3.63) is 59.7 Å². The second-order valence-corrected chi connectivity index (χ2v) is 9.85. The maximum Gasteiger partial charge on any atom is 0.254 e. The predicted molar refractivity (Wildman–Crippen MR) is 123 cm³/mol. The zero-order valence-corrected chi connectivity index (χ0v) is 19.7. The molecule has 1 heterocycles. The first kappa shape index (κ1) is 24.2. The minimum Gasteiger partial charge on any atom is -0.497 e. The van der Waals surface area contributed by atoms with Gasteiger partial charge < -0.3 is 14.4 Å². The van der Waals surface area contributed by atoms with Crippen LogP contribution in [0, 0.1) is 0 Å². The molecule has 0 unspecified atom stereocenters. The summed E-state index contributed by atoms with van der Waals surface area (Å²) in [5.41, 5.74) is 1.56. The topological polar surface area (TPSA) is 84.9 Å². The minimum absolute atomic E-state index is 0.0177. The quantitative estimate of drug-likeness (QED) is 0.648. The molecule has 174 valence electrons. The van der Waals surface area contributed by atoms with Gasteiger partial charge in [-0.1, -0.05) is 25.0 Å². The number of hydrogen-bond donors (Lipinski definition) is 1. The van der Waals surface area contributed by atoms with Crippen molar-refractivity contribution in [3.8, 4) is 5.75 Å². The highest BCUT2D eigenvalue weighted by Gasteiger charge is 2.28. The Labute approximate surface area is 190 Å². The zero-order valence-electron chi connectivity index (χ0n) is 18.9.